The number of nitrogens with zero attached hydrogens (tertiary/aromatic N) is 2. The summed E-state index contributed by atoms with van der Waals surface area (Å²) in [6.45, 7) is 6.75. The molecular formula is C16H25ClN2O2. The molecule has 4 nitrogen and oxygen atoms in total. The van der Waals surface area contributed by atoms with Crippen molar-refractivity contribution in [2.75, 3.05) is 0 Å². The van der Waals surface area contributed by atoms with Crippen molar-refractivity contribution in [3.63, 3.8) is 0 Å². The average molecular weight is 313 g/mol. The molecule has 5 heteroatoms. The lowest BCUT2D eigenvalue weighted by Gasteiger charge is -2.37. The van der Waals surface area contributed by atoms with E-state index in [0.717, 1.165) is 50.0 Å². The van der Waals surface area contributed by atoms with Crippen LogP contribution in [-0.4, -0.2) is 20.9 Å². The molecule has 0 aromatic carbocycles. The predicted octanol–water partition coefficient (Wildman–Crippen LogP) is 4.08. The topological polar surface area (TPSA) is 55.1 Å². The van der Waals surface area contributed by atoms with Crippen LogP contribution in [0.5, 0.6) is 0 Å². The van der Waals surface area contributed by atoms with Gasteiger partial charge in [-0.1, -0.05) is 37.8 Å². The van der Waals surface area contributed by atoms with Gasteiger partial charge in [-0.15, -0.1) is 0 Å². The van der Waals surface area contributed by atoms with E-state index < -0.39 is 11.4 Å². The molecule has 1 N–H and O–H groups in total. The molecule has 2 unspecified atom stereocenters. The number of halogens is 1. The minimum atomic E-state index is -0.682. The Bertz CT molecular complexity index is 527. The highest BCUT2D eigenvalue weighted by atomic mass is 35.5. The van der Waals surface area contributed by atoms with Crippen molar-refractivity contribution < 1.29 is 9.90 Å². The van der Waals surface area contributed by atoms with Crippen molar-refractivity contribution in [2.24, 2.45) is 11.3 Å². The monoisotopic (exact) mass is 312 g/mol. The summed E-state index contributed by atoms with van der Waals surface area (Å²) < 4.78 is 1.86. The Morgan fingerprint density at radius 3 is 2.81 bits per heavy atom. The van der Waals surface area contributed by atoms with Gasteiger partial charge in [-0.3, -0.25) is 9.48 Å². The lowest BCUT2D eigenvalue weighted by molar-refractivity contribution is -0.152. The number of carbonyl (C=O) groups is 1. The van der Waals surface area contributed by atoms with Gasteiger partial charge in [0.1, 0.15) is 0 Å². The maximum atomic E-state index is 12.0. The third-order valence-electron chi connectivity index (χ3n) is 4.94. The highest BCUT2D eigenvalue weighted by Gasteiger charge is 2.43. The number of hydrogen-bond acceptors (Lipinski definition) is 2. The summed E-state index contributed by atoms with van der Waals surface area (Å²) >= 11 is 6.37. The summed E-state index contributed by atoms with van der Waals surface area (Å²) in [5.41, 5.74) is 0.995. The largest absolute Gasteiger partial charge is 0.481 e. The fourth-order valence-electron chi connectivity index (χ4n) is 3.62. The van der Waals surface area contributed by atoms with Crippen LogP contribution in [0.1, 0.15) is 57.3 Å². The fraction of sp³-hybridized carbons (Fsp3) is 0.750. The molecular weight excluding hydrogens is 288 g/mol. The molecule has 1 aliphatic carbocycles. The van der Waals surface area contributed by atoms with Crippen LogP contribution in [0.4, 0.5) is 0 Å². The minimum absolute atomic E-state index is 0.492. The van der Waals surface area contributed by atoms with Crippen molar-refractivity contribution in [1.29, 1.82) is 0 Å². The zero-order valence-electron chi connectivity index (χ0n) is 13.2. The average Bonchev–Trinajstić information content (AvgIpc) is 2.75. The summed E-state index contributed by atoms with van der Waals surface area (Å²) in [7, 11) is 0. The summed E-state index contributed by atoms with van der Waals surface area (Å²) in [5.74, 6) is -0.175. The van der Waals surface area contributed by atoms with E-state index in [4.69, 9.17) is 11.6 Å². The Balaban J connectivity index is 2.35. The van der Waals surface area contributed by atoms with E-state index in [1.54, 1.807) is 0 Å². The molecule has 0 spiro atoms. The SMILES string of the molecule is CCC1CCCC(Cc2c(Cl)c(C)nn2CC)(C(=O)O)C1. The van der Waals surface area contributed by atoms with Crippen LogP contribution in [0.15, 0.2) is 0 Å². The molecule has 0 radical (unpaired) electrons. The fourth-order valence-corrected chi connectivity index (χ4v) is 3.83. The van der Waals surface area contributed by atoms with E-state index in [9.17, 15) is 9.90 Å². The van der Waals surface area contributed by atoms with Crippen LogP contribution in [0.3, 0.4) is 0 Å². The predicted molar refractivity (Wildman–Crippen MR) is 83.7 cm³/mol. The van der Waals surface area contributed by atoms with Crippen molar-refractivity contribution in [3.05, 3.63) is 16.4 Å². The molecule has 0 aliphatic heterocycles. The second-order valence-corrected chi connectivity index (χ2v) is 6.67. The molecule has 1 aromatic rings. The van der Waals surface area contributed by atoms with Gasteiger partial charge in [-0.2, -0.15) is 5.10 Å². The third-order valence-corrected chi connectivity index (χ3v) is 5.43. The molecule has 1 fully saturated rings. The lowest BCUT2D eigenvalue weighted by atomic mass is 9.66. The minimum Gasteiger partial charge on any atom is -0.481 e. The van der Waals surface area contributed by atoms with Crippen LogP contribution in [0.25, 0.3) is 0 Å². The first-order valence-corrected chi connectivity index (χ1v) is 8.26. The van der Waals surface area contributed by atoms with E-state index in [2.05, 4.69) is 12.0 Å². The second kappa shape index (κ2) is 6.39. The van der Waals surface area contributed by atoms with Crippen LogP contribution in [0.2, 0.25) is 5.02 Å². The quantitative estimate of drug-likeness (QED) is 0.891. The zero-order chi connectivity index (χ0) is 15.6. The first-order chi connectivity index (χ1) is 9.93. The summed E-state index contributed by atoms with van der Waals surface area (Å²) in [6.07, 6.45) is 5.17. The Labute approximate surface area is 131 Å². The van der Waals surface area contributed by atoms with Gasteiger partial charge in [0.25, 0.3) is 0 Å². The molecule has 1 aromatic heterocycles. The van der Waals surface area contributed by atoms with Crippen LogP contribution < -0.4 is 0 Å². The van der Waals surface area contributed by atoms with E-state index in [-0.39, 0.29) is 0 Å². The summed E-state index contributed by atoms with van der Waals surface area (Å²) in [6, 6.07) is 0. The third kappa shape index (κ3) is 3.10. The summed E-state index contributed by atoms with van der Waals surface area (Å²) in [5, 5.41) is 14.9. The van der Waals surface area contributed by atoms with Gasteiger partial charge in [0.15, 0.2) is 0 Å². The second-order valence-electron chi connectivity index (χ2n) is 6.29. The number of carboxylic acid groups (broad SMARTS) is 1. The zero-order valence-corrected chi connectivity index (χ0v) is 13.9. The molecule has 0 saturated heterocycles. The molecule has 0 amide bonds. The number of aliphatic carboxylic acids is 1. The highest BCUT2D eigenvalue weighted by molar-refractivity contribution is 6.31. The first kappa shape index (κ1) is 16.3. The Kier molecular flexibility index (Phi) is 4.97. The lowest BCUT2D eigenvalue weighted by Crippen LogP contribution is -2.39. The number of aromatic nitrogens is 2. The summed E-state index contributed by atoms with van der Waals surface area (Å²) in [4.78, 5) is 12.0. The number of aryl methyl sites for hydroxylation is 2. The van der Waals surface area contributed by atoms with Crippen LogP contribution in [0, 0.1) is 18.3 Å². The number of carboxylic acids is 1. The van der Waals surface area contributed by atoms with Crippen LogP contribution in [-0.2, 0) is 17.8 Å². The van der Waals surface area contributed by atoms with Gasteiger partial charge < -0.3 is 5.11 Å². The van der Waals surface area contributed by atoms with Crippen molar-refractivity contribution >= 4 is 17.6 Å². The van der Waals surface area contributed by atoms with Gasteiger partial charge in [-0.05, 0) is 32.6 Å². The molecule has 2 rings (SSSR count). The van der Waals surface area contributed by atoms with Gasteiger partial charge in [0, 0.05) is 13.0 Å². The molecule has 1 heterocycles. The molecule has 118 valence electrons. The van der Waals surface area contributed by atoms with E-state index >= 15 is 0 Å². The Hall–Kier alpha value is -1.03. The van der Waals surface area contributed by atoms with Gasteiger partial charge >= 0.3 is 5.97 Å². The van der Waals surface area contributed by atoms with Gasteiger partial charge in [0.05, 0.1) is 21.8 Å². The Morgan fingerprint density at radius 2 is 2.24 bits per heavy atom. The smallest absolute Gasteiger partial charge is 0.310 e. The molecule has 1 saturated carbocycles. The van der Waals surface area contributed by atoms with E-state index in [1.165, 1.54) is 0 Å². The van der Waals surface area contributed by atoms with Crippen molar-refractivity contribution in [1.82, 2.24) is 9.78 Å². The highest BCUT2D eigenvalue weighted by Crippen LogP contribution is 2.44. The maximum Gasteiger partial charge on any atom is 0.310 e. The number of hydrogen-bond donors (Lipinski definition) is 1. The standard InChI is InChI=1S/C16H25ClN2O2/c1-4-12-7-6-8-16(9-12,15(20)21)10-13-14(17)11(3)18-19(13)5-2/h12H,4-10H2,1-3H3,(H,20,21). The maximum absolute atomic E-state index is 12.0. The van der Waals surface area contributed by atoms with Crippen molar-refractivity contribution in [3.8, 4) is 0 Å². The van der Waals surface area contributed by atoms with Gasteiger partial charge in [-0.25, -0.2) is 0 Å². The van der Waals surface area contributed by atoms with Crippen molar-refractivity contribution in [2.45, 2.75) is 65.8 Å². The van der Waals surface area contributed by atoms with E-state index in [1.807, 2.05) is 18.5 Å². The Morgan fingerprint density at radius 1 is 1.52 bits per heavy atom. The number of rotatable bonds is 5. The van der Waals surface area contributed by atoms with Crippen LogP contribution >= 0.6 is 11.6 Å². The normalized spacial score (nSPS) is 26.0. The molecule has 21 heavy (non-hydrogen) atoms. The first-order valence-electron chi connectivity index (χ1n) is 7.88. The van der Waals surface area contributed by atoms with Gasteiger partial charge in [0.2, 0.25) is 0 Å². The van der Waals surface area contributed by atoms with E-state index in [0.29, 0.717) is 17.4 Å². The molecule has 2 atom stereocenters. The molecule has 0 bridgehead atoms. The molecule has 1 aliphatic rings.